The normalized spacial score (nSPS) is 13.2. The second-order valence-electron chi connectivity index (χ2n) is 3.62. The average molecular weight is 264 g/mol. The number of carbonyl (C=O) groups is 1. The van der Waals surface area contributed by atoms with Gasteiger partial charge >= 0.3 is 12.1 Å². The van der Waals surface area contributed by atoms with Crippen LogP contribution in [0.1, 0.15) is 18.1 Å². The lowest BCUT2D eigenvalue weighted by atomic mass is 10.1. The summed E-state index contributed by atoms with van der Waals surface area (Å²) in [4.78, 5) is 11.0. The Morgan fingerprint density at radius 3 is 2.28 bits per heavy atom. The minimum absolute atomic E-state index is 0.0618. The van der Waals surface area contributed by atoms with Crippen LogP contribution in [0.3, 0.4) is 0 Å². The monoisotopic (exact) mass is 264 g/mol. The lowest BCUT2D eigenvalue weighted by Gasteiger charge is -2.09. The third-order valence-electron chi connectivity index (χ3n) is 2.24. The zero-order valence-corrected chi connectivity index (χ0v) is 9.63. The van der Waals surface area contributed by atoms with Crippen molar-refractivity contribution in [1.29, 1.82) is 0 Å². The number of alkyl halides is 4. The van der Waals surface area contributed by atoms with Gasteiger partial charge in [-0.2, -0.15) is 13.2 Å². The first kappa shape index (κ1) is 14.5. The van der Waals surface area contributed by atoms with Crippen LogP contribution in [-0.4, -0.2) is 18.7 Å². The maximum Gasteiger partial charge on any atom is 0.416 e. The summed E-state index contributed by atoms with van der Waals surface area (Å²) in [7, 11) is 0. The van der Waals surface area contributed by atoms with Crippen molar-refractivity contribution in [1.82, 2.24) is 0 Å². The average Bonchev–Trinajstić information content (AvgIpc) is 2.28. The van der Waals surface area contributed by atoms with E-state index in [0.29, 0.717) is 5.56 Å². The van der Waals surface area contributed by atoms with Crippen molar-refractivity contribution in [2.75, 3.05) is 6.61 Å². The quantitative estimate of drug-likeness (QED) is 0.617. The molecule has 0 N–H and O–H groups in total. The largest absolute Gasteiger partial charge is 0.464 e. The van der Waals surface area contributed by atoms with Crippen molar-refractivity contribution in [2.24, 2.45) is 0 Å². The maximum absolute atomic E-state index is 13.3. The topological polar surface area (TPSA) is 26.3 Å². The molecule has 2 nitrogen and oxygen atoms in total. The molecule has 0 aliphatic heterocycles. The summed E-state index contributed by atoms with van der Waals surface area (Å²) in [5.74, 6) is -1.00. The van der Waals surface area contributed by atoms with Gasteiger partial charge in [0.25, 0.3) is 0 Å². The van der Waals surface area contributed by atoms with Gasteiger partial charge in [-0.05, 0) is 24.6 Å². The number of carbonyl (C=O) groups excluding carboxylic acids is 1. The van der Waals surface area contributed by atoms with Crippen LogP contribution < -0.4 is 0 Å². The Hall–Kier alpha value is -1.59. The predicted octanol–water partition coefficient (Wildman–Crippen LogP) is 3.15. The zero-order valence-electron chi connectivity index (χ0n) is 9.63. The van der Waals surface area contributed by atoms with Crippen molar-refractivity contribution in [3.05, 3.63) is 35.4 Å². The third-order valence-corrected chi connectivity index (χ3v) is 2.24. The first-order valence-electron chi connectivity index (χ1n) is 5.31. The van der Waals surface area contributed by atoms with E-state index in [9.17, 15) is 22.4 Å². The summed E-state index contributed by atoms with van der Waals surface area (Å²) in [5.41, 5.74) is -0.499. The fraction of sp³-hybridized carbons (Fsp3) is 0.417. The molecule has 0 heterocycles. The highest BCUT2D eigenvalue weighted by Crippen LogP contribution is 2.29. The molecule has 1 unspecified atom stereocenters. The zero-order chi connectivity index (χ0) is 13.8. The predicted molar refractivity (Wildman–Crippen MR) is 56.7 cm³/mol. The number of hydrogen-bond donors (Lipinski definition) is 0. The second-order valence-corrected chi connectivity index (χ2v) is 3.62. The van der Waals surface area contributed by atoms with Crippen molar-refractivity contribution in [3.63, 3.8) is 0 Å². The standard InChI is InChI=1S/C12H12F4O2/c1-2-18-11(17)10(13)7-8-3-5-9(6-4-8)12(14,15)16/h3-6,10H,2,7H2,1H3. The van der Waals surface area contributed by atoms with Crippen LogP contribution in [0.4, 0.5) is 17.6 Å². The number of ether oxygens (including phenoxy) is 1. The lowest BCUT2D eigenvalue weighted by molar-refractivity contribution is -0.149. The molecule has 0 bridgehead atoms. The Morgan fingerprint density at radius 1 is 1.28 bits per heavy atom. The van der Waals surface area contributed by atoms with Crippen molar-refractivity contribution >= 4 is 5.97 Å². The summed E-state index contributed by atoms with van der Waals surface area (Å²) < 4.78 is 54.6. The van der Waals surface area contributed by atoms with Crippen molar-refractivity contribution < 1.29 is 27.1 Å². The summed E-state index contributed by atoms with van der Waals surface area (Å²) in [6, 6.07) is 4.00. The van der Waals surface area contributed by atoms with E-state index in [1.807, 2.05) is 0 Å². The van der Waals surface area contributed by atoms with Gasteiger partial charge in [-0.1, -0.05) is 12.1 Å². The highest BCUT2D eigenvalue weighted by Gasteiger charge is 2.30. The number of hydrogen-bond acceptors (Lipinski definition) is 2. The van der Waals surface area contributed by atoms with E-state index >= 15 is 0 Å². The minimum atomic E-state index is -4.42. The van der Waals surface area contributed by atoms with Gasteiger partial charge < -0.3 is 4.74 Å². The van der Waals surface area contributed by atoms with Gasteiger partial charge in [0.05, 0.1) is 12.2 Å². The first-order chi connectivity index (χ1) is 8.34. The summed E-state index contributed by atoms with van der Waals surface area (Å²) >= 11 is 0. The van der Waals surface area contributed by atoms with Crippen LogP contribution in [0.5, 0.6) is 0 Å². The second kappa shape index (κ2) is 5.84. The van der Waals surface area contributed by atoms with Crippen LogP contribution in [0.25, 0.3) is 0 Å². The molecule has 0 spiro atoms. The molecule has 0 amide bonds. The van der Waals surface area contributed by atoms with E-state index in [0.717, 1.165) is 24.3 Å². The first-order valence-corrected chi connectivity index (χ1v) is 5.31. The lowest BCUT2D eigenvalue weighted by Crippen LogP contribution is -2.21. The van der Waals surface area contributed by atoms with Crippen LogP contribution in [0.15, 0.2) is 24.3 Å². The molecule has 1 rings (SSSR count). The van der Waals surface area contributed by atoms with Gasteiger partial charge in [0.1, 0.15) is 0 Å². The van der Waals surface area contributed by atoms with E-state index in [1.165, 1.54) is 0 Å². The molecule has 0 aliphatic carbocycles. The van der Waals surface area contributed by atoms with Crippen LogP contribution in [-0.2, 0) is 22.1 Å². The van der Waals surface area contributed by atoms with Crippen LogP contribution >= 0.6 is 0 Å². The molecule has 100 valence electrons. The Balaban J connectivity index is 2.67. The van der Waals surface area contributed by atoms with Gasteiger partial charge in [-0.3, -0.25) is 0 Å². The van der Waals surface area contributed by atoms with Gasteiger partial charge in [0.15, 0.2) is 0 Å². The number of benzene rings is 1. The molecule has 0 saturated carbocycles. The van der Waals surface area contributed by atoms with E-state index in [-0.39, 0.29) is 13.0 Å². The van der Waals surface area contributed by atoms with Crippen LogP contribution in [0, 0.1) is 0 Å². The van der Waals surface area contributed by atoms with Crippen molar-refractivity contribution in [3.8, 4) is 0 Å². The molecule has 6 heteroatoms. The highest BCUT2D eigenvalue weighted by molar-refractivity contribution is 5.74. The molecule has 18 heavy (non-hydrogen) atoms. The Kier molecular flexibility index (Phi) is 4.69. The molecular weight excluding hydrogens is 252 g/mol. The Morgan fingerprint density at radius 2 is 1.83 bits per heavy atom. The maximum atomic E-state index is 13.3. The SMILES string of the molecule is CCOC(=O)C(F)Cc1ccc(C(F)(F)F)cc1. The van der Waals surface area contributed by atoms with Gasteiger partial charge in [-0.15, -0.1) is 0 Å². The van der Waals surface area contributed by atoms with Gasteiger partial charge in [0.2, 0.25) is 6.17 Å². The highest BCUT2D eigenvalue weighted by atomic mass is 19.4. The molecular formula is C12H12F4O2. The van der Waals surface area contributed by atoms with Gasteiger partial charge in [0, 0.05) is 6.42 Å². The third kappa shape index (κ3) is 4.01. The summed E-state index contributed by atoms with van der Waals surface area (Å²) in [5, 5.41) is 0. The summed E-state index contributed by atoms with van der Waals surface area (Å²) in [6.45, 7) is 1.61. The van der Waals surface area contributed by atoms with E-state index < -0.39 is 23.9 Å². The number of halogens is 4. The molecule has 0 saturated heterocycles. The number of esters is 1. The van der Waals surface area contributed by atoms with E-state index in [4.69, 9.17) is 0 Å². The smallest absolute Gasteiger partial charge is 0.416 e. The Bertz CT molecular complexity index is 398. The van der Waals surface area contributed by atoms with Crippen LogP contribution in [0.2, 0.25) is 0 Å². The summed E-state index contributed by atoms with van der Waals surface area (Å²) in [6.07, 6.45) is -6.58. The molecule has 0 radical (unpaired) electrons. The van der Waals surface area contributed by atoms with E-state index in [1.54, 1.807) is 6.92 Å². The fourth-order valence-electron chi connectivity index (χ4n) is 1.35. The van der Waals surface area contributed by atoms with Crippen molar-refractivity contribution in [2.45, 2.75) is 25.7 Å². The molecule has 0 fully saturated rings. The Labute approximate surface area is 102 Å². The molecule has 1 aromatic rings. The van der Waals surface area contributed by atoms with E-state index in [2.05, 4.69) is 4.74 Å². The molecule has 1 atom stereocenters. The van der Waals surface area contributed by atoms with Gasteiger partial charge in [-0.25, -0.2) is 9.18 Å². The number of rotatable bonds is 4. The molecule has 0 aliphatic rings. The fourth-order valence-corrected chi connectivity index (χ4v) is 1.35. The molecule has 1 aromatic carbocycles. The minimum Gasteiger partial charge on any atom is -0.464 e. The molecule has 0 aromatic heterocycles.